The van der Waals surface area contributed by atoms with Crippen LogP contribution in [-0.2, 0) is 4.79 Å². The smallest absolute Gasteiger partial charge is 0.265 e. The second-order valence-electron chi connectivity index (χ2n) is 8.29. The molecular weight excluding hydrogens is 444 g/mol. The summed E-state index contributed by atoms with van der Waals surface area (Å²) in [5.74, 6) is 1.59. The Bertz CT molecular complexity index is 1270. The first-order chi connectivity index (χ1) is 16.7. The zero-order chi connectivity index (χ0) is 23.3. The van der Waals surface area contributed by atoms with Crippen molar-refractivity contribution in [3.05, 3.63) is 83.7 Å². The zero-order valence-corrected chi connectivity index (χ0v) is 19.9. The fraction of sp³-hybridized carbons (Fsp3) is 0.214. The van der Waals surface area contributed by atoms with Crippen LogP contribution in [0.5, 0.6) is 11.5 Å². The highest BCUT2D eigenvalue weighted by Gasteiger charge is 2.26. The van der Waals surface area contributed by atoms with E-state index in [4.69, 9.17) is 14.5 Å². The van der Waals surface area contributed by atoms with Gasteiger partial charge in [-0.3, -0.25) is 4.79 Å². The predicted octanol–water partition coefficient (Wildman–Crippen LogP) is 6.37. The van der Waals surface area contributed by atoms with E-state index in [2.05, 4.69) is 24.4 Å². The van der Waals surface area contributed by atoms with Crippen LogP contribution in [0.25, 0.3) is 21.8 Å². The molecule has 0 N–H and O–H groups in total. The summed E-state index contributed by atoms with van der Waals surface area (Å²) in [6.45, 7) is 3.38. The van der Waals surface area contributed by atoms with Crippen LogP contribution in [0, 0.1) is 6.92 Å². The number of thiazole rings is 1. The number of anilines is 1. The number of rotatable bonds is 8. The molecule has 3 aromatic carbocycles. The Kier molecular flexibility index (Phi) is 6.58. The number of aromatic nitrogens is 1. The summed E-state index contributed by atoms with van der Waals surface area (Å²) in [6.07, 6.45) is 1.70. The standard InChI is InChI=1S/C28H26N2O3S/c1-20-9-12-23(13-10-20)32-16-6-5-15-30-25-17-22(11-14-26(25)33-18-27(30)31)24-19-34-28(29-24)21-7-3-2-4-8-21/h2-4,7-14,17,19H,5-6,15-16,18H2,1H3. The average Bonchev–Trinajstić information content (AvgIpc) is 3.37. The molecule has 1 aromatic heterocycles. The lowest BCUT2D eigenvalue weighted by Crippen LogP contribution is -2.39. The van der Waals surface area contributed by atoms with Gasteiger partial charge in [0.25, 0.3) is 5.91 Å². The van der Waals surface area contributed by atoms with Gasteiger partial charge in [0.05, 0.1) is 18.0 Å². The van der Waals surface area contributed by atoms with Crippen LogP contribution >= 0.6 is 11.3 Å². The second-order valence-corrected chi connectivity index (χ2v) is 9.15. The fourth-order valence-electron chi connectivity index (χ4n) is 3.92. The molecule has 2 heterocycles. The van der Waals surface area contributed by atoms with Gasteiger partial charge in [0, 0.05) is 23.1 Å². The molecule has 0 saturated heterocycles. The first kappa shape index (κ1) is 22.2. The van der Waals surface area contributed by atoms with Crippen LogP contribution in [0.15, 0.2) is 78.2 Å². The summed E-state index contributed by atoms with van der Waals surface area (Å²) in [6, 6.07) is 24.2. The molecule has 0 spiro atoms. The number of ether oxygens (including phenoxy) is 2. The summed E-state index contributed by atoms with van der Waals surface area (Å²) in [4.78, 5) is 19.3. The highest BCUT2D eigenvalue weighted by molar-refractivity contribution is 7.13. The highest BCUT2D eigenvalue weighted by atomic mass is 32.1. The SMILES string of the molecule is Cc1ccc(OCCCCN2C(=O)COc3ccc(-c4csc(-c5ccccc5)n4)cc32)cc1. The maximum absolute atomic E-state index is 12.7. The predicted molar refractivity (Wildman–Crippen MR) is 137 cm³/mol. The molecule has 4 aromatic rings. The molecule has 0 bridgehead atoms. The van der Waals surface area contributed by atoms with Gasteiger partial charge in [-0.05, 0) is 50.1 Å². The molecule has 172 valence electrons. The van der Waals surface area contributed by atoms with Crippen LogP contribution in [0.3, 0.4) is 0 Å². The van der Waals surface area contributed by atoms with Gasteiger partial charge < -0.3 is 14.4 Å². The minimum atomic E-state index is -0.0210. The summed E-state index contributed by atoms with van der Waals surface area (Å²) in [5.41, 5.74) is 5.00. The van der Waals surface area contributed by atoms with Gasteiger partial charge in [-0.1, -0.05) is 48.0 Å². The Hall–Kier alpha value is -3.64. The van der Waals surface area contributed by atoms with Crippen molar-refractivity contribution in [3.8, 4) is 33.3 Å². The minimum absolute atomic E-state index is 0.0210. The van der Waals surface area contributed by atoms with E-state index in [-0.39, 0.29) is 12.5 Å². The van der Waals surface area contributed by atoms with E-state index in [0.717, 1.165) is 51.9 Å². The number of hydrogen-bond acceptors (Lipinski definition) is 5. The number of fused-ring (bicyclic) bond motifs is 1. The Morgan fingerprint density at radius 2 is 1.82 bits per heavy atom. The molecule has 6 heteroatoms. The third-order valence-electron chi connectivity index (χ3n) is 5.79. The number of carbonyl (C=O) groups is 1. The normalized spacial score (nSPS) is 12.9. The molecule has 1 amide bonds. The summed E-state index contributed by atoms with van der Waals surface area (Å²) >= 11 is 1.62. The molecule has 34 heavy (non-hydrogen) atoms. The molecule has 5 rings (SSSR count). The van der Waals surface area contributed by atoms with Crippen molar-refractivity contribution < 1.29 is 14.3 Å². The minimum Gasteiger partial charge on any atom is -0.494 e. The van der Waals surface area contributed by atoms with Gasteiger partial charge in [-0.2, -0.15) is 0 Å². The molecule has 1 aliphatic rings. The Labute approximate surface area is 203 Å². The van der Waals surface area contributed by atoms with E-state index in [9.17, 15) is 4.79 Å². The lowest BCUT2D eigenvalue weighted by Gasteiger charge is -2.29. The molecule has 5 nitrogen and oxygen atoms in total. The Morgan fingerprint density at radius 3 is 2.65 bits per heavy atom. The maximum atomic E-state index is 12.7. The fourth-order valence-corrected chi connectivity index (χ4v) is 4.76. The van der Waals surface area contributed by atoms with Crippen LogP contribution in [-0.4, -0.2) is 30.6 Å². The van der Waals surface area contributed by atoms with Crippen LogP contribution < -0.4 is 14.4 Å². The molecule has 1 aliphatic heterocycles. The van der Waals surface area contributed by atoms with Crippen LogP contribution in [0.4, 0.5) is 5.69 Å². The van der Waals surface area contributed by atoms with Gasteiger partial charge in [0.1, 0.15) is 16.5 Å². The molecule has 0 atom stereocenters. The van der Waals surface area contributed by atoms with E-state index >= 15 is 0 Å². The van der Waals surface area contributed by atoms with Gasteiger partial charge in [-0.25, -0.2) is 4.98 Å². The number of aryl methyl sites for hydroxylation is 1. The van der Waals surface area contributed by atoms with E-state index in [1.54, 1.807) is 11.3 Å². The Morgan fingerprint density at radius 1 is 1.00 bits per heavy atom. The van der Waals surface area contributed by atoms with E-state index in [0.29, 0.717) is 13.2 Å². The number of carbonyl (C=O) groups excluding carboxylic acids is 1. The van der Waals surface area contributed by atoms with Crippen molar-refractivity contribution in [1.29, 1.82) is 0 Å². The zero-order valence-electron chi connectivity index (χ0n) is 19.1. The van der Waals surface area contributed by atoms with E-state index in [1.165, 1.54) is 5.56 Å². The molecule has 0 aliphatic carbocycles. The molecule has 0 radical (unpaired) electrons. The van der Waals surface area contributed by atoms with Crippen molar-refractivity contribution in [2.24, 2.45) is 0 Å². The number of unbranched alkanes of at least 4 members (excludes halogenated alkanes) is 1. The van der Waals surface area contributed by atoms with Gasteiger partial charge in [0.15, 0.2) is 6.61 Å². The average molecular weight is 471 g/mol. The molecule has 0 unspecified atom stereocenters. The Balaban J connectivity index is 1.26. The highest BCUT2D eigenvalue weighted by Crippen LogP contribution is 2.37. The number of amides is 1. The van der Waals surface area contributed by atoms with Gasteiger partial charge in [0.2, 0.25) is 0 Å². The number of nitrogens with zero attached hydrogens (tertiary/aromatic N) is 2. The van der Waals surface area contributed by atoms with Crippen molar-refractivity contribution in [3.63, 3.8) is 0 Å². The topological polar surface area (TPSA) is 51.7 Å². The third-order valence-corrected chi connectivity index (χ3v) is 6.68. The third kappa shape index (κ3) is 4.97. The first-order valence-corrected chi connectivity index (χ1v) is 12.3. The van der Waals surface area contributed by atoms with Crippen molar-refractivity contribution in [1.82, 2.24) is 4.98 Å². The van der Waals surface area contributed by atoms with E-state index in [1.807, 2.05) is 65.6 Å². The van der Waals surface area contributed by atoms with E-state index < -0.39 is 0 Å². The van der Waals surface area contributed by atoms with Crippen molar-refractivity contribution >= 4 is 22.9 Å². The van der Waals surface area contributed by atoms with Crippen molar-refractivity contribution in [2.45, 2.75) is 19.8 Å². The lowest BCUT2D eigenvalue weighted by molar-refractivity contribution is -0.121. The summed E-state index contributed by atoms with van der Waals surface area (Å²) in [7, 11) is 0. The number of hydrogen-bond donors (Lipinski definition) is 0. The van der Waals surface area contributed by atoms with Crippen LogP contribution in [0.1, 0.15) is 18.4 Å². The lowest BCUT2D eigenvalue weighted by atomic mass is 10.1. The largest absolute Gasteiger partial charge is 0.494 e. The first-order valence-electron chi connectivity index (χ1n) is 11.5. The quantitative estimate of drug-likeness (QED) is 0.281. The number of benzene rings is 3. The summed E-state index contributed by atoms with van der Waals surface area (Å²) in [5, 5.41) is 3.04. The van der Waals surface area contributed by atoms with Gasteiger partial charge in [-0.15, -0.1) is 11.3 Å². The molecule has 0 saturated carbocycles. The van der Waals surface area contributed by atoms with Gasteiger partial charge >= 0.3 is 0 Å². The monoisotopic (exact) mass is 470 g/mol. The maximum Gasteiger partial charge on any atom is 0.265 e. The van der Waals surface area contributed by atoms with Crippen molar-refractivity contribution in [2.75, 3.05) is 24.7 Å². The second kappa shape index (κ2) is 10.1. The molecular formula is C28H26N2O3S. The molecule has 0 fully saturated rings. The van der Waals surface area contributed by atoms with Crippen LogP contribution in [0.2, 0.25) is 0 Å². The summed E-state index contributed by atoms with van der Waals surface area (Å²) < 4.78 is 11.5.